The zero-order valence-electron chi connectivity index (χ0n) is 7.01. The number of ketones is 1. The number of Topliss-reactive ketones (excluding diaryl/α,β-unsaturated/α-hetero) is 1. The van der Waals surface area contributed by atoms with Crippen LogP contribution in [0.3, 0.4) is 0 Å². The van der Waals surface area contributed by atoms with Gasteiger partial charge in [-0.05, 0) is 14.0 Å². The summed E-state index contributed by atoms with van der Waals surface area (Å²) in [6, 6.07) is -0.255. The number of esters is 1. The van der Waals surface area contributed by atoms with Gasteiger partial charge < -0.3 is 10.1 Å². The number of hydrogen-bond donors (Lipinski definition) is 1. The highest BCUT2D eigenvalue weighted by molar-refractivity contribution is 5.86. The molecule has 0 amide bonds. The van der Waals surface area contributed by atoms with Crippen LogP contribution in [0.5, 0.6) is 0 Å². The second-order valence-electron chi connectivity index (χ2n) is 2.26. The minimum absolute atomic E-state index is 0.122. The molecule has 0 aromatic heterocycles. The van der Waals surface area contributed by atoms with Crippen molar-refractivity contribution in [3.63, 3.8) is 0 Å². The van der Waals surface area contributed by atoms with E-state index in [0.717, 1.165) is 0 Å². The van der Waals surface area contributed by atoms with Gasteiger partial charge in [0, 0.05) is 6.92 Å². The summed E-state index contributed by atoms with van der Waals surface area (Å²) in [6.07, 6.45) is 0. The van der Waals surface area contributed by atoms with Gasteiger partial charge in [0.25, 0.3) is 0 Å². The molecule has 0 heterocycles. The number of nitrogens with one attached hydrogen (secondary N) is 1. The van der Waals surface area contributed by atoms with Gasteiger partial charge in [0.05, 0.1) is 6.04 Å². The Hall–Kier alpha value is -0.900. The highest BCUT2D eigenvalue weighted by atomic mass is 16.5. The van der Waals surface area contributed by atoms with E-state index in [1.807, 2.05) is 0 Å². The highest BCUT2D eigenvalue weighted by Gasteiger charge is 2.10. The Bertz CT molecular complexity index is 156. The number of likely N-dealkylation sites (N-methyl/N-ethyl adjacent to an activating group) is 1. The van der Waals surface area contributed by atoms with Crippen LogP contribution in [0.1, 0.15) is 13.8 Å². The van der Waals surface area contributed by atoms with Crippen LogP contribution in [0.15, 0.2) is 0 Å². The summed E-state index contributed by atoms with van der Waals surface area (Å²) in [5.41, 5.74) is 0. The first-order valence-electron chi connectivity index (χ1n) is 3.41. The second-order valence-corrected chi connectivity index (χ2v) is 2.26. The third-order valence-corrected chi connectivity index (χ3v) is 1.33. The van der Waals surface area contributed by atoms with Crippen LogP contribution in [-0.2, 0) is 14.3 Å². The maximum absolute atomic E-state index is 10.9. The van der Waals surface area contributed by atoms with E-state index in [1.165, 1.54) is 6.92 Å². The highest BCUT2D eigenvalue weighted by Crippen LogP contribution is 1.85. The average Bonchev–Trinajstić information content (AvgIpc) is 1.98. The SMILES string of the molecule is CN[C@@H](C)C(=O)COC(C)=O. The topological polar surface area (TPSA) is 55.4 Å². The number of carbonyl (C=O) groups is 2. The van der Waals surface area contributed by atoms with E-state index in [4.69, 9.17) is 0 Å². The minimum Gasteiger partial charge on any atom is -0.458 e. The van der Waals surface area contributed by atoms with Crippen LogP contribution in [0.2, 0.25) is 0 Å². The zero-order chi connectivity index (χ0) is 8.85. The van der Waals surface area contributed by atoms with Crippen LogP contribution in [-0.4, -0.2) is 31.4 Å². The van der Waals surface area contributed by atoms with E-state index in [-0.39, 0.29) is 18.4 Å². The lowest BCUT2D eigenvalue weighted by molar-refractivity contribution is -0.146. The third-order valence-electron chi connectivity index (χ3n) is 1.33. The summed E-state index contributed by atoms with van der Waals surface area (Å²) in [7, 11) is 1.68. The van der Waals surface area contributed by atoms with Crippen molar-refractivity contribution in [1.82, 2.24) is 5.32 Å². The summed E-state index contributed by atoms with van der Waals surface area (Å²) in [5.74, 6) is -0.552. The lowest BCUT2D eigenvalue weighted by Gasteiger charge is -2.07. The van der Waals surface area contributed by atoms with Crippen molar-refractivity contribution >= 4 is 11.8 Å². The first-order chi connectivity index (χ1) is 5.07. The molecule has 0 aromatic carbocycles. The zero-order valence-corrected chi connectivity index (χ0v) is 7.01. The maximum Gasteiger partial charge on any atom is 0.303 e. The molecule has 0 aliphatic heterocycles. The number of rotatable bonds is 4. The first-order valence-corrected chi connectivity index (χ1v) is 3.41. The Morgan fingerprint density at radius 1 is 1.55 bits per heavy atom. The first kappa shape index (κ1) is 10.1. The van der Waals surface area contributed by atoms with Crippen LogP contribution in [0, 0.1) is 0 Å². The lowest BCUT2D eigenvalue weighted by atomic mass is 10.2. The van der Waals surface area contributed by atoms with Gasteiger partial charge >= 0.3 is 5.97 Å². The second kappa shape index (κ2) is 4.85. The summed E-state index contributed by atoms with van der Waals surface area (Å²) in [4.78, 5) is 21.2. The predicted octanol–water partition coefficient (Wildman–Crippen LogP) is -0.274. The normalized spacial score (nSPS) is 12.3. The van der Waals surface area contributed by atoms with Crippen molar-refractivity contribution in [2.45, 2.75) is 19.9 Å². The molecule has 0 radical (unpaired) electrons. The van der Waals surface area contributed by atoms with Crippen molar-refractivity contribution < 1.29 is 14.3 Å². The van der Waals surface area contributed by atoms with Crippen molar-refractivity contribution in [1.29, 1.82) is 0 Å². The van der Waals surface area contributed by atoms with Gasteiger partial charge in [-0.25, -0.2) is 0 Å². The van der Waals surface area contributed by atoms with E-state index in [0.29, 0.717) is 0 Å². The van der Waals surface area contributed by atoms with Gasteiger partial charge in [-0.1, -0.05) is 0 Å². The van der Waals surface area contributed by atoms with Crippen LogP contribution in [0.4, 0.5) is 0 Å². The summed E-state index contributed by atoms with van der Waals surface area (Å²) in [5, 5.41) is 2.75. The lowest BCUT2D eigenvalue weighted by Crippen LogP contribution is -2.33. The molecule has 0 bridgehead atoms. The molecule has 0 saturated heterocycles. The van der Waals surface area contributed by atoms with Gasteiger partial charge in [-0.3, -0.25) is 9.59 Å². The monoisotopic (exact) mass is 159 g/mol. The Balaban J connectivity index is 3.60. The van der Waals surface area contributed by atoms with Gasteiger partial charge in [0.2, 0.25) is 0 Å². The molecule has 1 N–H and O–H groups in total. The largest absolute Gasteiger partial charge is 0.458 e. The average molecular weight is 159 g/mol. The smallest absolute Gasteiger partial charge is 0.303 e. The Morgan fingerprint density at radius 2 is 2.09 bits per heavy atom. The Morgan fingerprint density at radius 3 is 2.45 bits per heavy atom. The van der Waals surface area contributed by atoms with Crippen molar-refractivity contribution in [2.24, 2.45) is 0 Å². The molecule has 0 unspecified atom stereocenters. The molecule has 0 rings (SSSR count). The fourth-order valence-corrected chi connectivity index (χ4v) is 0.459. The molecule has 11 heavy (non-hydrogen) atoms. The van der Waals surface area contributed by atoms with E-state index < -0.39 is 5.97 Å². The van der Waals surface area contributed by atoms with Crippen LogP contribution >= 0.6 is 0 Å². The number of carbonyl (C=O) groups excluding carboxylic acids is 2. The van der Waals surface area contributed by atoms with Crippen LogP contribution < -0.4 is 5.32 Å². The third kappa shape index (κ3) is 4.50. The quantitative estimate of drug-likeness (QED) is 0.573. The van der Waals surface area contributed by atoms with E-state index in [9.17, 15) is 9.59 Å². The number of ether oxygens (including phenoxy) is 1. The molecule has 64 valence electrons. The standard InChI is InChI=1S/C7H13NO3/c1-5(8-3)7(10)4-11-6(2)9/h5,8H,4H2,1-3H3/t5-/m0/s1. The summed E-state index contributed by atoms with van der Waals surface area (Å²) < 4.78 is 4.50. The summed E-state index contributed by atoms with van der Waals surface area (Å²) >= 11 is 0. The van der Waals surface area contributed by atoms with E-state index in [1.54, 1.807) is 14.0 Å². The molecule has 0 aromatic rings. The van der Waals surface area contributed by atoms with Crippen molar-refractivity contribution in [3.05, 3.63) is 0 Å². The van der Waals surface area contributed by atoms with Gasteiger partial charge in [-0.2, -0.15) is 0 Å². The molecule has 4 heteroatoms. The molecule has 0 fully saturated rings. The fraction of sp³-hybridized carbons (Fsp3) is 0.714. The molecule has 0 aliphatic carbocycles. The molecular weight excluding hydrogens is 146 g/mol. The molecule has 4 nitrogen and oxygen atoms in total. The molecule has 0 saturated carbocycles. The Labute approximate surface area is 65.9 Å². The van der Waals surface area contributed by atoms with E-state index in [2.05, 4.69) is 10.1 Å². The molecule has 0 aliphatic rings. The molecule has 0 spiro atoms. The van der Waals surface area contributed by atoms with E-state index >= 15 is 0 Å². The fourth-order valence-electron chi connectivity index (χ4n) is 0.459. The van der Waals surface area contributed by atoms with Gasteiger partial charge in [-0.15, -0.1) is 0 Å². The van der Waals surface area contributed by atoms with Gasteiger partial charge in [0.1, 0.15) is 0 Å². The van der Waals surface area contributed by atoms with Gasteiger partial charge in [0.15, 0.2) is 12.4 Å². The van der Waals surface area contributed by atoms with Crippen molar-refractivity contribution in [3.8, 4) is 0 Å². The van der Waals surface area contributed by atoms with Crippen molar-refractivity contribution in [2.75, 3.05) is 13.7 Å². The maximum atomic E-state index is 10.9. The molecular formula is C7H13NO3. The Kier molecular flexibility index (Phi) is 4.45. The van der Waals surface area contributed by atoms with Crippen LogP contribution in [0.25, 0.3) is 0 Å². The minimum atomic E-state index is -0.429. The summed E-state index contributed by atoms with van der Waals surface area (Å²) in [6.45, 7) is 2.85. The number of hydrogen-bond acceptors (Lipinski definition) is 4. The molecule has 1 atom stereocenters. The predicted molar refractivity (Wildman–Crippen MR) is 40.2 cm³/mol.